The van der Waals surface area contributed by atoms with Crippen molar-refractivity contribution in [3.05, 3.63) is 0 Å². The van der Waals surface area contributed by atoms with E-state index in [-0.39, 0.29) is 18.6 Å². The fourth-order valence-corrected chi connectivity index (χ4v) is 2.09. The summed E-state index contributed by atoms with van der Waals surface area (Å²) in [5, 5.41) is 12.2. The summed E-state index contributed by atoms with van der Waals surface area (Å²) in [5.74, 6) is 1.09. The summed E-state index contributed by atoms with van der Waals surface area (Å²) in [6.07, 6.45) is 0.534. The van der Waals surface area contributed by atoms with Crippen molar-refractivity contribution < 1.29 is 14.6 Å². The van der Waals surface area contributed by atoms with Crippen LogP contribution in [-0.4, -0.2) is 72.7 Å². The number of anilines is 3. The third kappa shape index (κ3) is 4.66. The summed E-state index contributed by atoms with van der Waals surface area (Å²) in [7, 11) is 1.60. The fraction of sp³-hybridized carbons (Fsp3) is 0.750. The number of rotatable bonds is 7. The number of nitrogen functional groups attached to an aromatic ring is 1. The zero-order chi connectivity index (χ0) is 15.1. The van der Waals surface area contributed by atoms with Crippen molar-refractivity contribution in [3.8, 4) is 0 Å². The molecule has 9 nitrogen and oxygen atoms in total. The monoisotopic (exact) mass is 298 g/mol. The summed E-state index contributed by atoms with van der Waals surface area (Å²) < 4.78 is 10.4. The number of aromatic nitrogens is 3. The van der Waals surface area contributed by atoms with Crippen molar-refractivity contribution in [2.24, 2.45) is 0 Å². The highest BCUT2D eigenvalue weighted by molar-refractivity contribution is 5.42. The summed E-state index contributed by atoms with van der Waals surface area (Å²) in [6.45, 7) is 3.23. The number of hydrogen-bond donors (Lipinski definition) is 3. The Labute approximate surface area is 123 Å². The number of hydrogen-bond acceptors (Lipinski definition) is 9. The van der Waals surface area contributed by atoms with Gasteiger partial charge in [0.15, 0.2) is 0 Å². The van der Waals surface area contributed by atoms with Crippen molar-refractivity contribution in [1.82, 2.24) is 15.0 Å². The van der Waals surface area contributed by atoms with Crippen molar-refractivity contribution in [3.63, 3.8) is 0 Å². The van der Waals surface area contributed by atoms with Crippen LogP contribution >= 0.6 is 0 Å². The van der Waals surface area contributed by atoms with Gasteiger partial charge in [0.25, 0.3) is 0 Å². The van der Waals surface area contributed by atoms with Gasteiger partial charge >= 0.3 is 0 Å². The van der Waals surface area contributed by atoms with Crippen molar-refractivity contribution in [2.75, 3.05) is 62.6 Å². The molecule has 1 aliphatic rings. The van der Waals surface area contributed by atoms with E-state index in [0.29, 0.717) is 38.1 Å². The Hall–Kier alpha value is -1.71. The predicted octanol–water partition coefficient (Wildman–Crippen LogP) is -0.900. The highest BCUT2D eigenvalue weighted by atomic mass is 16.5. The average Bonchev–Trinajstić information content (AvgIpc) is 2.48. The Balaban J connectivity index is 2.09. The summed E-state index contributed by atoms with van der Waals surface area (Å²) >= 11 is 0. The van der Waals surface area contributed by atoms with Gasteiger partial charge in [0.1, 0.15) is 0 Å². The van der Waals surface area contributed by atoms with E-state index in [9.17, 15) is 0 Å². The molecule has 4 N–H and O–H groups in total. The van der Waals surface area contributed by atoms with Crippen LogP contribution in [-0.2, 0) is 9.47 Å². The average molecular weight is 298 g/mol. The largest absolute Gasteiger partial charge is 0.396 e. The highest BCUT2D eigenvalue weighted by Crippen LogP contribution is 2.14. The van der Waals surface area contributed by atoms with Crippen LogP contribution in [0.5, 0.6) is 0 Å². The van der Waals surface area contributed by atoms with Gasteiger partial charge in [-0.15, -0.1) is 0 Å². The smallest absolute Gasteiger partial charge is 0.232 e. The summed E-state index contributed by atoms with van der Waals surface area (Å²) in [6, 6.07) is -0.0839. The normalized spacial score (nSPS) is 16.8. The molecule has 1 aliphatic heterocycles. The molecule has 118 valence electrons. The number of ether oxygens (including phenoxy) is 2. The molecular weight excluding hydrogens is 276 g/mol. The molecule has 2 rings (SSSR count). The minimum atomic E-state index is -0.0839. The molecule has 9 heteroatoms. The van der Waals surface area contributed by atoms with Crippen LogP contribution in [0.4, 0.5) is 17.8 Å². The molecule has 1 saturated heterocycles. The van der Waals surface area contributed by atoms with Crippen LogP contribution in [0, 0.1) is 0 Å². The topological polar surface area (TPSA) is 119 Å². The molecule has 0 spiro atoms. The Morgan fingerprint density at radius 3 is 2.81 bits per heavy atom. The van der Waals surface area contributed by atoms with Gasteiger partial charge in [-0.3, -0.25) is 0 Å². The number of nitrogens with zero attached hydrogens (tertiary/aromatic N) is 4. The first-order valence-corrected chi connectivity index (χ1v) is 6.93. The SMILES string of the molecule is COCC(CCO)Nc1nc(N)nc(N2CCOCC2)n1. The van der Waals surface area contributed by atoms with Crippen molar-refractivity contribution in [1.29, 1.82) is 0 Å². The lowest BCUT2D eigenvalue weighted by Crippen LogP contribution is -2.38. The highest BCUT2D eigenvalue weighted by Gasteiger charge is 2.17. The lowest BCUT2D eigenvalue weighted by atomic mass is 10.2. The van der Waals surface area contributed by atoms with Crippen molar-refractivity contribution in [2.45, 2.75) is 12.5 Å². The van der Waals surface area contributed by atoms with E-state index < -0.39 is 0 Å². The minimum Gasteiger partial charge on any atom is -0.396 e. The zero-order valence-corrected chi connectivity index (χ0v) is 12.2. The molecule has 2 heterocycles. The van der Waals surface area contributed by atoms with E-state index >= 15 is 0 Å². The molecule has 1 atom stereocenters. The molecule has 0 bridgehead atoms. The Kier molecular flexibility index (Phi) is 5.90. The first-order valence-electron chi connectivity index (χ1n) is 6.93. The lowest BCUT2D eigenvalue weighted by Gasteiger charge is -2.27. The van der Waals surface area contributed by atoms with Crippen LogP contribution in [0.3, 0.4) is 0 Å². The first-order chi connectivity index (χ1) is 10.2. The molecule has 0 saturated carbocycles. The second-order valence-electron chi connectivity index (χ2n) is 4.73. The number of nitrogens with one attached hydrogen (secondary N) is 1. The van der Waals surface area contributed by atoms with Crippen LogP contribution in [0.1, 0.15) is 6.42 Å². The van der Waals surface area contributed by atoms with Gasteiger partial charge in [0.05, 0.1) is 25.9 Å². The van der Waals surface area contributed by atoms with E-state index in [0.717, 1.165) is 13.1 Å². The maximum atomic E-state index is 9.06. The van der Waals surface area contributed by atoms with Crippen LogP contribution in [0.15, 0.2) is 0 Å². The van der Waals surface area contributed by atoms with Crippen LogP contribution in [0.2, 0.25) is 0 Å². The van der Waals surface area contributed by atoms with Gasteiger partial charge in [0.2, 0.25) is 17.8 Å². The molecule has 1 fully saturated rings. The molecule has 0 amide bonds. The zero-order valence-electron chi connectivity index (χ0n) is 12.2. The number of methoxy groups -OCH3 is 1. The van der Waals surface area contributed by atoms with Gasteiger partial charge in [-0.25, -0.2) is 0 Å². The quantitative estimate of drug-likeness (QED) is 0.588. The lowest BCUT2D eigenvalue weighted by molar-refractivity contribution is 0.122. The third-order valence-electron chi connectivity index (χ3n) is 3.11. The molecule has 0 radical (unpaired) electrons. The van der Waals surface area contributed by atoms with E-state index in [1.54, 1.807) is 7.11 Å². The second kappa shape index (κ2) is 7.91. The standard InChI is InChI=1S/C12H22N6O3/c1-20-8-9(2-5-19)14-11-15-10(13)16-12(17-11)18-3-6-21-7-4-18/h9,19H,2-8H2,1H3,(H3,13,14,15,16,17). The Bertz CT molecular complexity index is 435. The van der Waals surface area contributed by atoms with E-state index in [2.05, 4.69) is 20.3 Å². The Morgan fingerprint density at radius 2 is 2.14 bits per heavy atom. The third-order valence-corrected chi connectivity index (χ3v) is 3.11. The molecule has 0 aromatic carbocycles. The van der Waals surface area contributed by atoms with Gasteiger partial charge in [-0.05, 0) is 6.42 Å². The number of nitrogens with two attached hydrogens (primary N) is 1. The second-order valence-corrected chi connectivity index (χ2v) is 4.73. The van der Waals surface area contributed by atoms with E-state index in [1.165, 1.54) is 0 Å². The van der Waals surface area contributed by atoms with Crippen LogP contribution in [0.25, 0.3) is 0 Å². The summed E-state index contributed by atoms with van der Waals surface area (Å²) in [4.78, 5) is 14.6. The number of aliphatic hydroxyl groups excluding tert-OH is 1. The minimum absolute atomic E-state index is 0.0535. The van der Waals surface area contributed by atoms with Crippen molar-refractivity contribution >= 4 is 17.8 Å². The maximum absolute atomic E-state index is 9.06. The van der Waals surface area contributed by atoms with Gasteiger partial charge < -0.3 is 30.5 Å². The van der Waals surface area contributed by atoms with Crippen LogP contribution < -0.4 is 16.0 Å². The van der Waals surface area contributed by atoms with E-state index in [1.807, 2.05) is 4.90 Å². The first kappa shape index (κ1) is 15.7. The summed E-state index contributed by atoms with van der Waals surface area (Å²) in [5.41, 5.74) is 5.75. The van der Waals surface area contributed by atoms with Gasteiger partial charge in [-0.2, -0.15) is 15.0 Å². The maximum Gasteiger partial charge on any atom is 0.232 e. The van der Waals surface area contributed by atoms with E-state index in [4.69, 9.17) is 20.3 Å². The Morgan fingerprint density at radius 1 is 1.38 bits per heavy atom. The number of morpholine rings is 1. The predicted molar refractivity (Wildman–Crippen MR) is 78.3 cm³/mol. The van der Waals surface area contributed by atoms with Gasteiger partial charge in [0, 0.05) is 26.8 Å². The fourth-order valence-electron chi connectivity index (χ4n) is 2.09. The molecule has 1 aromatic rings. The molecule has 0 aliphatic carbocycles. The number of aliphatic hydroxyl groups is 1. The molecule has 21 heavy (non-hydrogen) atoms. The van der Waals surface area contributed by atoms with Gasteiger partial charge in [-0.1, -0.05) is 0 Å². The molecule has 1 aromatic heterocycles. The molecule has 1 unspecified atom stereocenters. The molecular formula is C12H22N6O3.